The third-order valence-corrected chi connectivity index (χ3v) is 2.57. The molecule has 0 saturated carbocycles. The van der Waals surface area contributed by atoms with Crippen LogP contribution in [0.25, 0.3) is 0 Å². The van der Waals surface area contributed by atoms with Crippen LogP contribution in [0.15, 0.2) is 6.07 Å². The van der Waals surface area contributed by atoms with E-state index in [2.05, 4.69) is 20.7 Å². The normalized spacial score (nSPS) is 10.0. The predicted molar refractivity (Wildman–Crippen MR) is 71.2 cm³/mol. The SMILES string of the molecule is CCc1nc(NN)cc(N(C)CCC(=O)NC)n1. The second-order valence-electron chi connectivity index (χ2n) is 3.87. The molecule has 7 heteroatoms. The highest BCUT2D eigenvalue weighted by molar-refractivity contribution is 5.76. The lowest BCUT2D eigenvalue weighted by molar-refractivity contribution is -0.120. The number of hydrazine groups is 1. The first-order valence-corrected chi connectivity index (χ1v) is 5.87. The van der Waals surface area contributed by atoms with Crippen LogP contribution < -0.4 is 21.5 Å². The molecule has 1 amide bonds. The zero-order chi connectivity index (χ0) is 13.5. The van der Waals surface area contributed by atoms with Gasteiger partial charge in [-0.15, -0.1) is 0 Å². The van der Waals surface area contributed by atoms with Gasteiger partial charge in [0.2, 0.25) is 5.91 Å². The Balaban J connectivity index is 2.77. The number of nitrogen functional groups attached to an aromatic ring is 1. The molecule has 0 spiro atoms. The summed E-state index contributed by atoms with van der Waals surface area (Å²) >= 11 is 0. The van der Waals surface area contributed by atoms with Crippen molar-refractivity contribution in [2.24, 2.45) is 5.84 Å². The molecule has 0 radical (unpaired) electrons. The minimum absolute atomic E-state index is 0.00351. The first-order chi connectivity index (χ1) is 8.60. The Morgan fingerprint density at radius 1 is 1.50 bits per heavy atom. The molecule has 1 aromatic rings. The van der Waals surface area contributed by atoms with Crippen LogP contribution in [0.2, 0.25) is 0 Å². The van der Waals surface area contributed by atoms with E-state index in [0.717, 1.165) is 12.2 Å². The number of nitrogens with one attached hydrogen (secondary N) is 2. The molecule has 1 aromatic heterocycles. The van der Waals surface area contributed by atoms with E-state index in [1.807, 2.05) is 18.9 Å². The molecular formula is C11H20N6O. The lowest BCUT2D eigenvalue weighted by Crippen LogP contribution is -2.27. The fourth-order valence-electron chi connectivity index (χ4n) is 1.42. The van der Waals surface area contributed by atoms with Crippen LogP contribution in [0.5, 0.6) is 0 Å². The van der Waals surface area contributed by atoms with Crippen LogP contribution in [0.3, 0.4) is 0 Å². The number of amides is 1. The summed E-state index contributed by atoms with van der Waals surface area (Å²) in [5.41, 5.74) is 2.52. The van der Waals surface area contributed by atoms with Gasteiger partial charge >= 0.3 is 0 Å². The maximum absolute atomic E-state index is 11.2. The van der Waals surface area contributed by atoms with E-state index in [9.17, 15) is 4.79 Å². The third kappa shape index (κ3) is 3.85. The number of carbonyl (C=O) groups excluding carboxylic acids is 1. The number of hydrogen-bond acceptors (Lipinski definition) is 6. The van der Waals surface area contributed by atoms with Crippen molar-refractivity contribution < 1.29 is 4.79 Å². The number of aromatic nitrogens is 2. The van der Waals surface area contributed by atoms with Crippen LogP contribution in [0, 0.1) is 0 Å². The van der Waals surface area contributed by atoms with Crippen molar-refractivity contribution in [1.29, 1.82) is 0 Å². The van der Waals surface area contributed by atoms with Gasteiger partial charge in [-0.3, -0.25) is 4.79 Å². The van der Waals surface area contributed by atoms with E-state index in [-0.39, 0.29) is 5.91 Å². The molecule has 0 atom stereocenters. The van der Waals surface area contributed by atoms with Gasteiger partial charge in [0.25, 0.3) is 0 Å². The van der Waals surface area contributed by atoms with Crippen molar-refractivity contribution in [3.8, 4) is 0 Å². The Hall–Kier alpha value is -1.89. The summed E-state index contributed by atoms with van der Waals surface area (Å²) in [4.78, 5) is 21.7. The molecule has 1 rings (SSSR count). The number of rotatable bonds is 6. The van der Waals surface area contributed by atoms with Gasteiger partial charge in [-0.25, -0.2) is 15.8 Å². The quantitative estimate of drug-likeness (QED) is 0.483. The number of aryl methyl sites for hydroxylation is 1. The summed E-state index contributed by atoms with van der Waals surface area (Å²) in [6.45, 7) is 2.56. The summed E-state index contributed by atoms with van der Waals surface area (Å²) in [5.74, 6) is 7.40. The van der Waals surface area contributed by atoms with Gasteiger partial charge in [0, 0.05) is 39.5 Å². The molecule has 18 heavy (non-hydrogen) atoms. The molecule has 100 valence electrons. The van der Waals surface area contributed by atoms with Gasteiger partial charge in [-0.2, -0.15) is 0 Å². The van der Waals surface area contributed by atoms with Crippen molar-refractivity contribution in [3.63, 3.8) is 0 Å². The topological polar surface area (TPSA) is 96.2 Å². The van der Waals surface area contributed by atoms with Crippen molar-refractivity contribution in [3.05, 3.63) is 11.9 Å². The molecule has 0 fully saturated rings. The van der Waals surface area contributed by atoms with E-state index in [0.29, 0.717) is 24.6 Å². The molecule has 7 nitrogen and oxygen atoms in total. The maximum Gasteiger partial charge on any atom is 0.221 e. The standard InChI is InChI=1S/C11H20N6O/c1-4-8-14-9(16-12)7-10(15-8)17(3)6-5-11(18)13-2/h7H,4-6,12H2,1-3H3,(H,13,18)(H,14,15,16). The highest BCUT2D eigenvalue weighted by atomic mass is 16.1. The molecule has 0 aliphatic carbocycles. The summed E-state index contributed by atoms with van der Waals surface area (Å²) < 4.78 is 0. The summed E-state index contributed by atoms with van der Waals surface area (Å²) in [7, 11) is 3.50. The summed E-state index contributed by atoms with van der Waals surface area (Å²) in [6.07, 6.45) is 1.15. The number of carbonyl (C=O) groups is 1. The average Bonchev–Trinajstić information content (AvgIpc) is 2.43. The van der Waals surface area contributed by atoms with E-state index in [4.69, 9.17) is 5.84 Å². The molecule has 0 aliphatic heterocycles. The van der Waals surface area contributed by atoms with Gasteiger partial charge in [0.1, 0.15) is 17.5 Å². The van der Waals surface area contributed by atoms with Crippen molar-refractivity contribution in [2.45, 2.75) is 19.8 Å². The Kier molecular flexibility index (Phi) is 5.31. The van der Waals surface area contributed by atoms with E-state index in [1.54, 1.807) is 13.1 Å². The van der Waals surface area contributed by atoms with Gasteiger partial charge in [-0.05, 0) is 0 Å². The van der Waals surface area contributed by atoms with Gasteiger partial charge in [-0.1, -0.05) is 6.92 Å². The van der Waals surface area contributed by atoms with Gasteiger partial charge < -0.3 is 15.6 Å². The zero-order valence-corrected chi connectivity index (χ0v) is 11.0. The van der Waals surface area contributed by atoms with Crippen LogP contribution in [0.4, 0.5) is 11.6 Å². The van der Waals surface area contributed by atoms with Crippen LogP contribution in [0.1, 0.15) is 19.2 Å². The molecule has 1 heterocycles. The highest BCUT2D eigenvalue weighted by Crippen LogP contribution is 2.14. The Labute approximate surface area is 107 Å². The van der Waals surface area contributed by atoms with E-state index < -0.39 is 0 Å². The number of nitrogens with two attached hydrogens (primary N) is 1. The molecule has 0 unspecified atom stereocenters. The highest BCUT2D eigenvalue weighted by Gasteiger charge is 2.08. The Morgan fingerprint density at radius 2 is 2.22 bits per heavy atom. The average molecular weight is 252 g/mol. The zero-order valence-electron chi connectivity index (χ0n) is 11.0. The molecular weight excluding hydrogens is 232 g/mol. The fourth-order valence-corrected chi connectivity index (χ4v) is 1.42. The Bertz CT molecular complexity index is 386. The molecule has 0 saturated heterocycles. The largest absolute Gasteiger partial charge is 0.359 e. The lowest BCUT2D eigenvalue weighted by Gasteiger charge is -2.18. The van der Waals surface area contributed by atoms with Crippen molar-refractivity contribution >= 4 is 17.5 Å². The van der Waals surface area contributed by atoms with Crippen LogP contribution >= 0.6 is 0 Å². The first-order valence-electron chi connectivity index (χ1n) is 5.87. The minimum atomic E-state index is 0.00351. The van der Waals surface area contributed by atoms with Gasteiger partial charge in [0.15, 0.2) is 0 Å². The predicted octanol–water partition coefficient (Wildman–Crippen LogP) is -0.103. The van der Waals surface area contributed by atoms with E-state index >= 15 is 0 Å². The molecule has 0 aromatic carbocycles. The monoisotopic (exact) mass is 252 g/mol. The van der Waals surface area contributed by atoms with Crippen molar-refractivity contribution in [2.75, 3.05) is 31.0 Å². The number of nitrogens with zero attached hydrogens (tertiary/aromatic N) is 3. The third-order valence-electron chi connectivity index (χ3n) is 2.57. The van der Waals surface area contributed by atoms with Crippen LogP contribution in [-0.2, 0) is 11.2 Å². The first kappa shape index (κ1) is 14.2. The van der Waals surface area contributed by atoms with Crippen molar-refractivity contribution in [1.82, 2.24) is 15.3 Å². The smallest absolute Gasteiger partial charge is 0.221 e. The Morgan fingerprint density at radius 3 is 2.78 bits per heavy atom. The number of hydrogen-bond donors (Lipinski definition) is 3. The maximum atomic E-state index is 11.2. The molecule has 4 N–H and O–H groups in total. The minimum Gasteiger partial charge on any atom is -0.359 e. The summed E-state index contributed by atoms with van der Waals surface area (Å²) in [5, 5.41) is 2.59. The van der Waals surface area contributed by atoms with Crippen LogP contribution in [-0.4, -0.2) is 36.5 Å². The second-order valence-corrected chi connectivity index (χ2v) is 3.87. The van der Waals surface area contributed by atoms with Gasteiger partial charge in [0.05, 0.1) is 0 Å². The second kappa shape index (κ2) is 6.75. The molecule has 0 bridgehead atoms. The molecule has 0 aliphatic rings. The fraction of sp³-hybridized carbons (Fsp3) is 0.545. The lowest BCUT2D eigenvalue weighted by atomic mass is 10.3. The summed E-state index contributed by atoms with van der Waals surface area (Å²) in [6, 6.07) is 1.75. The van der Waals surface area contributed by atoms with E-state index in [1.165, 1.54) is 0 Å². The number of anilines is 2.